The first-order chi connectivity index (χ1) is 9.57. The second-order valence-electron chi connectivity index (χ2n) is 5.62. The molecule has 1 heterocycles. The van der Waals surface area contributed by atoms with E-state index in [-0.39, 0.29) is 17.6 Å². The van der Waals surface area contributed by atoms with Crippen LogP contribution in [0.15, 0.2) is 18.2 Å². The number of benzene rings is 1. The van der Waals surface area contributed by atoms with Gasteiger partial charge in [0, 0.05) is 17.9 Å². The van der Waals surface area contributed by atoms with E-state index in [0.717, 1.165) is 44.8 Å². The quantitative estimate of drug-likeness (QED) is 0.897. The van der Waals surface area contributed by atoms with Gasteiger partial charge in [-0.3, -0.25) is 4.79 Å². The van der Waals surface area contributed by atoms with Crippen molar-refractivity contribution in [3.05, 3.63) is 35.4 Å². The fourth-order valence-electron chi connectivity index (χ4n) is 3.08. The molecule has 0 unspecified atom stereocenters. The van der Waals surface area contributed by atoms with Crippen LogP contribution in [0.4, 0.5) is 8.78 Å². The lowest BCUT2D eigenvalue weighted by molar-refractivity contribution is -0.130. The Balaban J connectivity index is 2.15. The average molecular weight is 281 g/mol. The molecule has 1 aliphatic heterocycles. The number of rotatable bonds is 5. The first-order valence-corrected chi connectivity index (χ1v) is 7.25. The van der Waals surface area contributed by atoms with Gasteiger partial charge >= 0.3 is 0 Å². The second-order valence-corrected chi connectivity index (χ2v) is 5.62. The largest absolute Gasteiger partial charge is 0.317 e. The normalized spacial score (nSPS) is 17.9. The molecule has 0 bridgehead atoms. The third-order valence-electron chi connectivity index (χ3n) is 4.25. The maximum atomic E-state index is 13.7. The zero-order valence-corrected chi connectivity index (χ0v) is 11.8. The molecule has 1 fully saturated rings. The van der Waals surface area contributed by atoms with Gasteiger partial charge in [0.25, 0.3) is 0 Å². The van der Waals surface area contributed by atoms with Gasteiger partial charge in [0.15, 0.2) is 0 Å². The first-order valence-electron chi connectivity index (χ1n) is 7.25. The number of Topliss-reactive ketones (excluding diaryl/α,β-unsaturated/α-hetero) is 1. The maximum absolute atomic E-state index is 13.7. The zero-order valence-electron chi connectivity index (χ0n) is 11.8. The smallest absolute Gasteiger partial charge is 0.143 e. The van der Waals surface area contributed by atoms with Crippen LogP contribution in [0.3, 0.4) is 0 Å². The van der Waals surface area contributed by atoms with Crippen LogP contribution < -0.4 is 5.32 Å². The van der Waals surface area contributed by atoms with Crippen molar-refractivity contribution >= 4 is 5.78 Å². The van der Waals surface area contributed by atoms with Gasteiger partial charge < -0.3 is 5.32 Å². The van der Waals surface area contributed by atoms with Crippen molar-refractivity contribution in [3.8, 4) is 0 Å². The number of hydrogen-bond acceptors (Lipinski definition) is 2. The molecule has 0 atom stereocenters. The summed E-state index contributed by atoms with van der Waals surface area (Å²) in [5.74, 6) is -1.14. The lowest BCUT2D eigenvalue weighted by atomic mass is 9.70. The minimum atomic E-state index is -0.626. The average Bonchev–Trinajstić information content (AvgIpc) is 2.43. The van der Waals surface area contributed by atoms with E-state index in [9.17, 15) is 13.6 Å². The zero-order chi connectivity index (χ0) is 14.6. The number of halogens is 2. The van der Waals surface area contributed by atoms with Gasteiger partial charge in [-0.2, -0.15) is 0 Å². The summed E-state index contributed by atoms with van der Waals surface area (Å²) in [7, 11) is 0. The Morgan fingerprint density at radius 2 is 2.00 bits per heavy atom. The van der Waals surface area contributed by atoms with Gasteiger partial charge in [0.05, 0.1) is 0 Å². The van der Waals surface area contributed by atoms with Crippen molar-refractivity contribution in [1.82, 2.24) is 5.32 Å². The molecule has 2 nitrogen and oxygen atoms in total. The minimum Gasteiger partial charge on any atom is -0.317 e. The molecule has 0 saturated carbocycles. The summed E-state index contributed by atoms with van der Waals surface area (Å²) in [4.78, 5) is 12.6. The van der Waals surface area contributed by atoms with Crippen molar-refractivity contribution in [2.45, 2.75) is 39.0 Å². The number of piperidine rings is 1. The summed E-state index contributed by atoms with van der Waals surface area (Å²) < 4.78 is 26.6. The van der Waals surface area contributed by atoms with Crippen LogP contribution in [0.25, 0.3) is 0 Å². The van der Waals surface area contributed by atoms with Gasteiger partial charge in [-0.15, -0.1) is 0 Å². The van der Waals surface area contributed by atoms with Gasteiger partial charge in [-0.25, -0.2) is 8.78 Å². The first kappa shape index (κ1) is 15.1. The third kappa shape index (κ3) is 3.23. The Hall–Kier alpha value is -1.29. The molecular weight excluding hydrogens is 260 g/mol. The molecule has 1 N–H and O–H groups in total. The molecule has 0 aliphatic carbocycles. The Bertz CT molecular complexity index is 476. The summed E-state index contributed by atoms with van der Waals surface area (Å²) in [5, 5.41) is 3.26. The second kappa shape index (κ2) is 6.44. The number of carbonyl (C=O) groups excluding carboxylic acids is 1. The molecular formula is C16H21F2NO. The Labute approximate surface area is 118 Å². The SMILES string of the molecule is CCCC1(C(=O)Cc2ccc(F)cc2F)CCNCC1. The van der Waals surface area contributed by atoms with Gasteiger partial charge in [-0.1, -0.05) is 19.4 Å². The highest BCUT2D eigenvalue weighted by molar-refractivity contribution is 5.87. The summed E-state index contributed by atoms with van der Waals surface area (Å²) >= 11 is 0. The van der Waals surface area contributed by atoms with Crippen molar-refractivity contribution in [2.75, 3.05) is 13.1 Å². The monoisotopic (exact) mass is 281 g/mol. The van der Waals surface area contributed by atoms with Crippen molar-refractivity contribution in [3.63, 3.8) is 0 Å². The van der Waals surface area contributed by atoms with Crippen LogP contribution in [-0.2, 0) is 11.2 Å². The maximum Gasteiger partial charge on any atom is 0.143 e. The van der Waals surface area contributed by atoms with Crippen LogP contribution in [0.5, 0.6) is 0 Å². The summed E-state index contributed by atoms with van der Waals surface area (Å²) in [6.07, 6.45) is 3.46. The fraction of sp³-hybridized carbons (Fsp3) is 0.562. The Morgan fingerprint density at radius 1 is 1.30 bits per heavy atom. The predicted molar refractivity (Wildman–Crippen MR) is 74.5 cm³/mol. The van der Waals surface area contributed by atoms with Crippen LogP contribution in [0.1, 0.15) is 38.2 Å². The Morgan fingerprint density at radius 3 is 2.60 bits per heavy atom. The van der Waals surface area contributed by atoms with Crippen LogP contribution in [-0.4, -0.2) is 18.9 Å². The molecule has 0 spiro atoms. The summed E-state index contributed by atoms with van der Waals surface area (Å²) in [6, 6.07) is 3.43. The molecule has 1 saturated heterocycles. The standard InChI is InChI=1S/C16H21F2NO/c1-2-5-16(6-8-19-9-7-16)15(20)10-12-3-4-13(17)11-14(12)18/h3-4,11,19H,2,5-10H2,1H3. The third-order valence-corrected chi connectivity index (χ3v) is 4.25. The minimum absolute atomic E-state index is 0.0616. The van der Waals surface area contributed by atoms with Crippen molar-refractivity contribution < 1.29 is 13.6 Å². The Kier molecular flexibility index (Phi) is 4.86. The van der Waals surface area contributed by atoms with E-state index in [1.165, 1.54) is 12.1 Å². The highest BCUT2D eigenvalue weighted by atomic mass is 19.1. The molecule has 4 heteroatoms. The van der Waals surface area contributed by atoms with E-state index in [1.54, 1.807) is 0 Å². The van der Waals surface area contributed by atoms with E-state index in [0.29, 0.717) is 5.56 Å². The fourth-order valence-corrected chi connectivity index (χ4v) is 3.08. The highest BCUT2D eigenvalue weighted by Gasteiger charge is 2.38. The topological polar surface area (TPSA) is 29.1 Å². The molecule has 0 aromatic heterocycles. The van der Waals surface area contributed by atoms with E-state index < -0.39 is 11.6 Å². The summed E-state index contributed by atoms with van der Waals surface area (Å²) in [6.45, 7) is 3.73. The van der Waals surface area contributed by atoms with Gasteiger partial charge in [0.2, 0.25) is 0 Å². The van der Waals surface area contributed by atoms with Crippen LogP contribution in [0.2, 0.25) is 0 Å². The van der Waals surface area contributed by atoms with E-state index >= 15 is 0 Å². The molecule has 1 aromatic carbocycles. The molecule has 0 amide bonds. The van der Waals surface area contributed by atoms with Crippen molar-refractivity contribution in [2.24, 2.45) is 5.41 Å². The van der Waals surface area contributed by atoms with E-state index in [4.69, 9.17) is 0 Å². The van der Waals surface area contributed by atoms with Crippen LogP contribution in [0, 0.1) is 17.0 Å². The lowest BCUT2D eigenvalue weighted by Gasteiger charge is -2.36. The lowest BCUT2D eigenvalue weighted by Crippen LogP contribution is -2.42. The van der Waals surface area contributed by atoms with Gasteiger partial charge in [0.1, 0.15) is 17.4 Å². The molecule has 2 rings (SSSR count). The molecule has 110 valence electrons. The molecule has 1 aliphatic rings. The van der Waals surface area contributed by atoms with Crippen molar-refractivity contribution in [1.29, 1.82) is 0 Å². The van der Waals surface area contributed by atoms with Gasteiger partial charge in [-0.05, 0) is 44.0 Å². The number of nitrogens with one attached hydrogen (secondary N) is 1. The highest BCUT2D eigenvalue weighted by Crippen LogP contribution is 2.36. The summed E-state index contributed by atoms with van der Waals surface area (Å²) in [5.41, 5.74) is -0.0358. The molecule has 20 heavy (non-hydrogen) atoms. The molecule has 1 aromatic rings. The predicted octanol–water partition coefficient (Wildman–Crippen LogP) is 3.25. The van der Waals surface area contributed by atoms with E-state index in [1.807, 2.05) is 0 Å². The van der Waals surface area contributed by atoms with E-state index in [2.05, 4.69) is 12.2 Å². The molecule has 0 radical (unpaired) electrons. The number of hydrogen-bond donors (Lipinski definition) is 1. The van der Waals surface area contributed by atoms with Crippen LogP contribution >= 0.6 is 0 Å². The number of ketones is 1. The number of carbonyl (C=O) groups is 1.